The summed E-state index contributed by atoms with van der Waals surface area (Å²) in [5.74, 6) is 0. The van der Waals surface area contributed by atoms with Gasteiger partial charge in [0.1, 0.15) is 0 Å². The van der Waals surface area contributed by atoms with Crippen molar-refractivity contribution < 1.29 is 4.74 Å². The van der Waals surface area contributed by atoms with Crippen LogP contribution < -0.4 is 0 Å². The third kappa shape index (κ3) is 4.20. The highest BCUT2D eigenvalue weighted by atomic mass is 127. The van der Waals surface area contributed by atoms with E-state index in [1.54, 1.807) is 0 Å². The Morgan fingerprint density at radius 1 is 1.05 bits per heavy atom. The van der Waals surface area contributed by atoms with E-state index in [0.717, 1.165) is 15.0 Å². The molecule has 0 N–H and O–H groups in total. The van der Waals surface area contributed by atoms with E-state index in [1.165, 1.54) is 5.56 Å². The Labute approximate surface area is 133 Å². The summed E-state index contributed by atoms with van der Waals surface area (Å²) in [6.45, 7) is 2.08. The lowest BCUT2D eigenvalue weighted by molar-refractivity contribution is 0.0103. The Balaban J connectivity index is 2.11. The van der Waals surface area contributed by atoms with Crippen molar-refractivity contribution in [3.8, 4) is 0 Å². The van der Waals surface area contributed by atoms with Gasteiger partial charge in [0.25, 0.3) is 0 Å². The van der Waals surface area contributed by atoms with Crippen molar-refractivity contribution >= 4 is 34.2 Å². The Hall–Kier alpha value is -0.580. The second-order valence-corrected chi connectivity index (χ2v) is 5.70. The predicted molar refractivity (Wildman–Crippen MR) is 89.0 cm³/mol. The molecule has 100 valence electrons. The maximum Gasteiger partial charge on any atom is 0.0923 e. The fourth-order valence-corrected chi connectivity index (χ4v) is 2.87. The summed E-state index contributed by atoms with van der Waals surface area (Å²) in [5, 5.41) is 0.753. The van der Waals surface area contributed by atoms with E-state index in [9.17, 15) is 0 Å². The van der Waals surface area contributed by atoms with E-state index in [0.29, 0.717) is 0 Å². The molecule has 2 aromatic rings. The van der Waals surface area contributed by atoms with Crippen LogP contribution in [0.3, 0.4) is 0 Å². The predicted octanol–water partition coefficient (Wildman–Crippen LogP) is 5.59. The highest BCUT2D eigenvalue weighted by Crippen LogP contribution is 2.29. The van der Waals surface area contributed by atoms with Crippen LogP contribution in [0.15, 0.2) is 54.6 Å². The zero-order valence-electron chi connectivity index (χ0n) is 10.7. The van der Waals surface area contributed by atoms with Crippen LogP contribution in [0, 0.1) is 0 Å². The van der Waals surface area contributed by atoms with Gasteiger partial charge < -0.3 is 4.74 Å². The van der Waals surface area contributed by atoms with Crippen molar-refractivity contribution in [2.45, 2.75) is 19.1 Å². The molecule has 1 nitrogen and oxygen atoms in total. The highest BCUT2D eigenvalue weighted by Gasteiger charge is 2.15. The molecule has 19 heavy (non-hydrogen) atoms. The van der Waals surface area contributed by atoms with Gasteiger partial charge in [0.05, 0.1) is 12.2 Å². The van der Waals surface area contributed by atoms with E-state index in [-0.39, 0.29) is 12.2 Å². The first-order valence-corrected chi connectivity index (χ1v) is 8.13. The molecule has 0 saturated heterocycles. The van der Waals surface area contributed by atoms with Crippen molar-refractivity contribution in [1.82, 2.24) is 0 Å². The Bertz CT molecular complexity index is 515. The normalized spacial score (nSPS) is 14.1. The number of ether oxygens (including phenoxy) is 1. The van der Waals surface area contributed by atoms with Crippen LogP contribution in [0.2, 0.25) is 5.02 Å². The Kier molecular flexibility index (Phi) is 5.67. The van der Waals surface area contributed by atoms with Crippen LogP contribution in [0.25, 0.3) is 0 Å². The largest absolute Gasteiger partial charge is 0.365 e. The quantitative estimate of drug-likeness (QED) is 0.480. The zero-order valence-corrected chi connectivity index (χ0v) is 13.6. The van der Waals surface area contributed by atoms with Gasteiger partial charge in [0.15, 0.2) is 0 Å². The van der Waals surface area contributed by atoms with E-state index in [4.69, 9.17) is 16.3 Å². The monoisotopic (exact) mass is 386 g/mol. The van der Waals surface area contributed by atoms with E-state index in [2.05, 4.69) is 47.7 Å². The molecule has 0 fully saturated rings. The molecule has 0 amide bonds. The lowest BCUT2D eigenvalue weighted by atomic mass is 10.1. The van der Waals surface area contributed by atoms with Gasteiger partial charge in [-0.05, 0) is 30.2 Å². The van der Waals surface area contributed by atoms with Crippen LogP contribution in [0.4, 0.5) is 0 Å². The smallest absolute Gasteiger partial charge is 0.0923 e. The minimum Gasteiger partial charge on any atom is -0.365 e. The van der Waals surface area contributed by atoms with Crippen LogP contribution in [0.1, 0.15) is 30.3 Å². The van der Waals surface area contributed by atoms with Crippen LogP contribution >= 0.6 is 34.2 Å². The Morgan fingerprint density at radius 3 is 2.37 bits per heavy atom. The number of hydrogen-bond donors (Lipinski definition) is 0. The number of benzene rings is 2. The Morgan fingerprint density at radius 2 is 1.74 bits per heavy atom. The van der Waals surface area contributed by atoms with E-state index >= 15 is 0 Å². The van der Waals surface area contributed by atoms with Crippen molar-refractivity contribution in [3.05, 3.63) is 70.7 Å². The lowest BCUT2D eigenvalue weighted by Gasteiger charge is -2.21. The minimum absolute atomic E-state index is 0.0644. The standard InChI is InChI=1S/C16H16ClIO/c1-12(13-6-3-2-4-7-13)19-16(11-18)14-8-5-9-15(17)10-14/h2-10,12,16H,11H2,1H3. The average Bonchev–Trinajstić information content (AvgIpc) is 2.45. The van der Waals surface area contributed by atoms with Crippen LogP contribution in [0.5, 0.6) is 0 Å². The molecule has 0 aliphatic heterocycles. The molecule has 2 rings (SSSR count). The van der Waals surface area contributed by atoms with Crippen molar-refractivity contribution in [2.24, 2.45) is 0 Å². The molecule has 0 aliphatic carbocycles. The summed E-state index contributed by atoms with van der Waals surface area (Å²) in [6.07, 6.45) is 0.134. The summed E-state index contributed by atoms with van der Waals surface area (Å²) in [6, 6.07) is 18.2. The fourth-order valence-electron chi connectivity index (χ4n) is 1.96. The van der Waals surface area contributed by atoms with Gasteiger partial charge in [-0.25, -0.2) is 0 Å². The maximum absolute atomic E-state index is 6.16. The zero-order chi connectivity index (χ0) is 13.7. The topological polar surface area (TPSA) is 9.23 Å². The van der Waals surface area contributed by atoms with Gasteiger partial charge in [-0.1, -0.05) is 76.7 Å². The molecule has 0 radical (unpaired) electrons. The maximum atomic E-state index is 6.16. The van der Waals surface area contributed by atoms with Crippen molar-refractivity contribution in [3.63, 3.8) is 0 Å². The lowest BCUT2D eigenvalue weighted by Crippen LogP contribution is -2.09. The summed E-state index contributed by atoms with van der Waals surface area (Å²) >= 11 is 8.39. The molecule has 0 saturated carbocycles. The molecule has 0 aliphatic rings. The van der Waals surface area contributed by atoms with Crippen LogP contribution in [-0.4, -0.2) is 4.43 Å². The SMILES string of the molecule is CC(OC(CI)c1cccc(Cl)c1)c1ccccc1. The minimum atomic E-state index is 0.0644. The van der Waals surface area contributed by atoms with Gasteiger partial charge in [0, 0.05) is 9.45 Å². The van der Waals surface area contributed by atoms with Gasteiger partial charge in [-0.2, -0.15) is 0 Å². The molecular formula is C16H16ClIO. The van der Waals surface area contributed by atoms with Gasteiger partial charge in [-0.15, -0.1) is 0 Å². The number of halogens is 2. The van der Waals surface area contributed by atoms with E-state index < -0.39 is 0 Å². The van der Waals surface area contributed by atoms with E-state index in [1.807, 2.05) is 36.4 Å². The molecule has 2 unspecified atom stereocenters. The number of rotatable bonds is 5. The molecule has 0 spiro atoms. The molecule has 2 aromatic carbocycles. The van der Waals surface area contributed by atoms with Crippen molar-refractivity contribution in [1.29, 1.82) is 0 Å². The summed E-state index contributed by atoms with van der Waals surface area (Å²) in [4.78, 5) is 0. The first-order chi connectivity index (χ1) is 9.20. The van der Waals surface area contributed by atoms with Gasteiger partial charge in [-0.3, -0.25) is 0 Å². The second-order valence-electron chi connectivity index (χ2n) is 4.39. The first kappa shape index (κ1) is 14.8. The molecule has 3 heteroatoms. The molecular weight excluding hydrogens is 371 g/mol. The summed E-state index contributed by atoms with van der Waals surface area (Å²) < 4.78 is 7.06. The number of hydrogen-bond acceptors (Lipinski definition) is 1. The van der Waals surface area contributed by atoms with Gasteiger partial charge in [0.2, 0.25) is 0 Å². The van der Waals surface area contributed by atoms with Crippen molar-refractivity contribution in [2.75, 3.05) is 4.43 Å². The summed E-state index contributed by atoms with van der Waals surface area (Å²) in [5.41, 5.74) is 2.32. The molecule has 0 aromatic heterocycles. The first-order valence-electron chi connectivity index (χ1n) is 6.22. The molecule has 2 atom stereocenters. The third-order valence-corrected chi connectivity index (χ3v) is 4.03. The highest BCUT2D eigenvalue weighted by molar-refractivity contribution is 14.1. The fraction of sp³-hybridized carbons (Fsp3) is 0.250. The second kappa shape index (κ2) is 7.27. The molecule has 0 bridgehead atoms. The van der Waals surface area contributed by atoms with Crippen LogP contribution in [-0.2, 0) is 4.74 Å². The third-order valence-electron chi connectivity index (χ3n) is 3.00. The molecule has 0 heterocycles. The average molecular weight is 387 g/mol. The summed E-state index contributed by atoms with van der Waals surface area (Å²) in [7, 11) is 0. The van der Waals surface area contributed by atoms with Gasteiger partial charge >= 0.3 is 0 Å². The number of alkyl halides is 1.